The maximum Gasteiger partial charge on any atom is 0.229 e. The Morgan fingerprint density at radius 3 is 2.65 bits per heavy atom. The monoisotopic (exact) mass is 394 g/mol. The molecule has 0 aliphatic carbocycles. The summed E-state index contributed by atoms with van der Waals surface area (Å²) in [4.78, 5) is 26.3. The first-order valence-electron chi connectivity index (χ1n) is 8.21. The number of amides is 2. The fourth-order valence-corrected chi connectivity index (χ4v) is 3.26. The molecule has 136 valence electrons. The molecule has 1 fully saturated rings. The molecule has 1 heterocycles. The fourth-order valence-electron chi connectivity index (χ4n) is 2.91. The van der Waals surface area contributed by atoms with E-state index in [2.05, 4.69) is 5.32 Å². The van der Waals surface area contributed by atoms with Crippen LogP contribution in [0.15, 0.2) is 42.5 Å². The lowest BCUT2D eigenvalue weighted by molar-refractivity contribution is -0.128. The van der Waals surface area contributed by atoms with Crippen molar-refractivity contribution >= 4 is 40.7 Å². The number of rotatable bonds is 5. The molecule has 1 atom stereocenters. The molecule has 2 aromatic carbocycles. The molecule has 0 radical (unpaired) electrons. The van der Waals surface area contributed by atoms with E-state index in [0.29, 0.717) is 30.2 Å². The standard InChI is InChI=1S/C19H17Cl2FN2O2/c20-15-2-1-3-16(18(15)21)23-19(26)13-10-17(25)24(11-13)9-8-12-4-6-14(22)7-5-12/h1-7,13H,8-11H2,(H,23,26). The summed E-state index contributed by atoms with van der Waals surface area (Å²) in [6, 6.07) is 11.2. The molecular weight excluding hydrogens is 378 g/mol. The van der Waals surface area contributed by atoms with Gasteiger partial charge in [0, 0.05) is 19.5 Å². The molecule has 2 amide bonds. The van der Waals surface area contributed by atoms with Gasteiger partial charge in [-0.15, -0.1) is 0 Å². The van der Waals surface area contributed by atoms with Crippen LogP contribution in [-0.2, 0) is 16.0 Å². The third kappa shape index (κ3) is 4.34. The minimum Gasteiger partial charge on any atom is -0.342 e. The lowest BCUT2D eigenvalue weighted by Crippen LogP contribution is -2.30. The van der Waals surface area contributed by atoms with E-state index in [1.165, 1.54) is 12.1 Å². The molecule has 26 heavy (non-hydrogen) atoms. The molecular formula is C19H17Cl2FN2O2. The molecule has 1 N–H and O–H groups in total. The number of nitrogens with one attached hydrogen (secondary N) is 1. The van der Waals surface area contributed by atoms with Crippen molar-refractivity contribution in [1.29, 1.82) is 0 Å². The molecule has 7 heteroatoms. The maximum atomic E-state index is 12.9. The fraction of sp³-hybridized carbons (Fsp3) is 0.263. The van der Waals surface area contributed by atoms with E-state index in [1.54, 1.807) is 35.2 Å². The summed E-state index contributed by atoms with van der Waals surface area (Å²) >= 11 is 12.0. The topological polar surface area (TPSA) is 49.4 Å². The Morgan fingerprint density at radius 2 is 1.92 bits per heavy atom. The number of likely N-dealkylation sites (tertiary alicyclic amines) is 1. The predicted octanol–water partition coefficient (Wildman–Crippen LogP) is 4.16. The first kappa shape index (κ1) is 18.7. The van der Waals surface area contributed by atoms with Gasteiger partial charge < -0.3 is 10.2 Å². The van der Waals surface area contributed by atoms with E-state index in [4.69, 9.17) is 23.2 Å². The van der Waals surface area contributed by atoms with Crippen LogP contribution in [0.5, 0.6) is 0 Å². The van der Waals surface area contributed by atoms with Crippen LogP contribution in [0.2, 0.25) is 10.0 Å². The predicted molar refractivity (Wildman–Crippen MR) is 99.9 cm³/mol. The first-order chi connectivity index (χ1) is 12.4. The van der Waals surface area contributed by atoms with Crippen molar-refractivity contribution in [2.75, 3.05) is 18.4 Å². The number of nitrogens with zero attached hydrogens (tertiary/aromatic N) is 1. The van der Waals surface area contributed by atoms with Crippen molar-refractivity contribution in [1.82, 2.24) is 4.90 Å². The van der Waals surface area contributed by atoms with Crippen LogP contribution in [0.3, 0.4) is 0 Å². The van der Waals surface area contributed by atoms with Gasteiger partial charge in [0.2, 0.25) is 11.8 Å². The molecule has 2 aromatic rings. The van der Waals surface area contributed by atoms with Crippen molar-refractivity contribution in [3.05, 3.63) is 63.9 Å². The van der Waals surface area contributed by atoms with Crippen molar-refractivity contribution in [3.8, 4) is 0 Å². The van der Waals surface area contributed by atoms with Crippen molar-refractivity contribution < 1.29 is 14.0 Å². The minimum atomic E-state index is -0.439. The summed E-state index contributed by atoms with van der Waals surface area (Å²) in [5.74, 6) is -1.05. The minimum absolute atomic E-state index is 0.0653. The normalized spacial score (nSPS) is 16.8. The molecule has 0 spiro atoms. The van der Waals surface area contributed by atoms with E-state index >= 15 is 0 Å². The summed E-state index contributed by atoms with van der Waals surface area (Å²) in [5.41, 5.74) is 1.37. The largest absolute Gasteiger partial charge is 0.342 e. The van der Waals surface area contributed by atoms with Crippen molar-refractivity contribution in [2.24, 2.45) is 5.92 Å². The highest BCUT2D eigenvalue weighted by Gasteiger charge is 2.34. The average molecular weight is 395 g/mol. The third-order valence-corrected chi connectivity index (χ3v) is 5.20. The smallest absolute Gasteiger partial charge is 0.229 e. The second-order valence-electron chi connectivity index (χ2n) is 6.21. The maximum absolute atomic E-state index is 12.9. The van der Waals surface area contributed by atoms with E-state index in [1.807, 2.05) is 0 Å². The quantitative estimate of drug-likeness (QED) is 0.827. The molecule has 4 nitrogen and oxygen atoms in total. The van der Waals surface area contributed by atoms with E-state index in [0.717, 1.165) is 5.56 Å². The number of hydrogen-bond donors (Lipinski definition) is 1. The number of hydrogen-bond acceptors (Lipinski definition) is 2. The lowest BCUT2D eigenvalue weighted by Gasteiger charge is -2.17. The second-order valence-corrected chi connectivity index (χ2v) is 6.99. The van der Waals surface area contributed by atoms with Crippen LogP contribution in [0.1, 0.15) is 12.0 Å². The Hall–Kier alpha value is -2.11. The Kier molecular flexibility index (Phi) is 5.79. The molecule has 0 aromatic heterocycles. The van der Waals surface area contributed by atoms with Gasteiger partial charge >= 0.3 is 0 Å². The highest BCUT2D eigenvalue weighted by Crippen LogP contribution is 2.30. The molecule has 1 aliphatic rings. The molecule has 1 unspecified atom stereocenters. The van der Waals surface area contributed by atoms with Crippen molar-refractivity contribution in [3.63, 3.8) is 0 Å². The molecule has 0 saturated carbocycles. The zero-order chi connectivity index (χ0) is 18.7. The summed E-state index contributed by atoms with van der Waals surface area (Å²) in [6.07, 6.45) is 0.772. The van der Waals surface area contributed by atoms with Gasteiger partial charge in [0.05, 0.1) is 21.7 Å². The van der Waals surface area contributed by atoms with Crippen LogP contribution in [-0.4, -0.2) is 29.8 Å². The number of halogens is 3. The van der Waals surface area contributed by atoms with Crippen LogP contribution in [0, 0.1) is 11.7 Å². The highest BCUT2D eigenvalue weighted by molar-refractivity contribution is 6.44. The lowest BCUT2D eigenvalue weighted by atomic mass is 10.1. The van der Waals surface area contributed by atoms with Gasteiger partial charge in [-0.1, -0.05) is 41.4 Å². The van der Waals surface area contributed by atoms with Crippen molar-refractivity contribution in [2.45, 2.75) is 12.8 Å². The summed E-state index contributed by atoms with van der Waals surface area (Å²) in [7, 11) is 0. The Bertz CT molecular complexity index is 827. The number of carbonyl (C=O) groups excluding carboxylic acids is 2. The van der Waals surface area contributed by atoms with Gasteiger partial charge in [-0.2, -0.15) is 0 Å². The Balaban J connectivity index is 1.57. The Labute approximate surface area is 160 Å². The van der Waals surface area contributed by atoms with Gasteiger partial charge in [-0.05, 0) is 36.2 Å². The van der Waals surface area contributed by atoms with E-state index in [9.17, 15) is 14.0 Å². The van der Waals surface area contributed by atoms with Crippen LogP contribution in [0.25, 0.3) is 0 Å². The van der Waals surface area contributed by atoms with Gasteiger partial charge in [0.1, 0.15) is 5.82 Å². The SMILES string of the molecule is O=C(Nc1cccc(Cl)c1Cl)C1CC(=O)N(CCc2ccc(F)cc2)C1. The van der Waals surface area contributed by atoms with Gasteiger partial charge in [-0.3, -0.25) is 9.59 Å². The number of anilines is 1. The molecule has 3 rings (SSSR count). The van der Waals surface area contributed by atoms with Gasteiger partial charge in [0.25, 0.3) is 0 Å². The zero-order valence-electron chi connectivity index (χ0n) is 13.8. The van der Waals surface area contributed by atoms with Crippen LogP contribution in [0.4, 0.5) is 10.1 Å². The molecule has 0 bridgehead atoms. The third-order valence-electron chi connectivity index (χ3n) is 4.38. The van der Waals surface area contributed by atoms with E-state index < -0.39 is 5.92 Å². The molecule has 1 saturated heterocycles. The highest BCUT2D eigenvalue weighted by atomic mass is 35.5. The van der Waals surface area contributed by atoms with Gasteiger partial charge in [-0.25, -0.2) is 4.39 Å². The number of carbonyl (C=O) groups is 2. The molecule has 1 aliphatic heterocycles. The first-order valence-corrected chi connectivity index (χ1v) is 8.96. The second kappa shape index (κ2) is 8.06. The summed E-state index contributed by atoms with van der Waals surface area (Å²) in [5, 5.41) is 3.37. The van der Waals surface area contributed by atoms with E-state index in [-0.39, 0.29) is 29.1 Å². The zero-order valence-corrected chi connectivity index (χ0v) is 15.4. The Morgan fingerprint density at radius 1 is 1.19 bits per heavy atom. The van der Waals surface area contributed by atoms with Crippen LogP contribution < -0.4 is 5.32 Å². The van der Waals surface area contributed by atoms with Gasteiger partial charge in [0.15, 0.2) is 0 Å². The number of benzene rings is 2. The summed E-state index contributed by atoms with van der Waals surface area (Å²) in [6.45, 7) is 0.843. The summed E-state index contributed by atoms with van der Waals surface area (Å²) < 4.78 is 12.9. The van der Waals surface area contributed by atoms with Crippen LogP contribution >= 0.6 is 23.2 Å². The average Bonchev–Trinajstić information content (AvgIpc) is 2.99.